The summed E-state index contributed by atoms with van der Waals surface area (Å²) in [7, 11) is 0. The number of amides is 2. The van der Waals surface area contributed by atoms with Crippen LogP contribution in [0.5, 0.6) is 11.5 Å². The molecule has 2 aliphatic heterocycles. The predicted molar refractivity (Wildman–Crippen MR) is 141 cm³/mol. The first kappa shape index (κ1) is 22.5. The zero-order valence-corrected chi connectivity index (χ0v) is 21.7. The molecular weight excluding hydrogens is 534 g/mol. The first-order valence-electron chi connectivity index (χ1n) is 12.1. The second-order valence-electron chi connectivity index (χ2n) is 10.3. The molecule has 6 nitrogen and oxygen atoms in total. The Morgan fingerprint density at radius 2 is 1.41 bits per heavy atom. The van der Waals surface area contributed by atoms with Crippen LogP contribution in [0.25, 0.3) is 11.1 Å². The third kappa shape index (κ3) is 2.44. The fourth-order valence-corrected chi connectivity index (χ4v) is 8.28. The van der Waals surface area contributed by atoms with E-state index >= 15 is 0 Å². The number of alkyl halides is 1. The summed E-state index contributed by atoms with van der Waals surface area (Å²) in [6.07, 6.45) is 0. The normalized spacial score (nSPS) is 31.5. The summed E-state index contributed by atoms with van der Waals surface area (Å²) >= 11 is 3.78. The van der Waals surface area contributed by atoms with E-state index in [1.165, 1.54) is 4.90 Å². The number of ketones is 1. The van der Waals surface area contributed by atoms with Crippen LogP contribution < -0.4 is 14.4 Å². The molecule has 184 valence electrons. The molecule has 0 N–H and O–H groups in total. The van der Waals surface area contributed by atoms with Crippen LogP contribution in [-0.4, -0.2) is 28.7 Å². The van der Waals surface area contributed by atoms with Crippen molar-refractivity contribution in [2.75, 3.05) is 11.7 Å². The largest absolute Gasteiger partial charge is 0.454 e. The highest BCUT2D eigenvalue weighted by Gasteiger charge is 2.85. The SMILES string of the molecule is CC12C(=O)C(C)(C(c3ccccc3)=C1c1ccccc1)C1(Br)C(=O)N(c3ccc4c(c3)OCO4)C(=O)C21. The number of Topliss-reactive ketones (excluding diaryl/α,β-unsaturated/α-hetero) is 1. The summed E-state index contributed by atoms with van der Waals surface area (Å²) in [5.74, 6) is -0.847. The highest BCUT2D eigenvalue weighted by atomic mass is 79.9. The molecule has 7 heteroatoms. The summed E-state index contributed by atoms with van der Waals surface area (Å²) in [6.45, 7) is 3.73. The van der Waals surface area contributed by atoms with Crippen molar-refractivity contribution in [3.05, 3.63) is 90.0 Å². The van der Waals surface area contributed by atoms with Crippen molar-refractivity contribution in [2.45, 2.75) is 18.2 Å². The van der Waals surface area contributed by atoms with Crippen LogP contribution in [0, 0.1) is 16.7 Å². The Labute approximate surface area is 222 Å². The molecule has 7 rings (SSSR count). The first-order valence-corrected chi connectivity index (χ1v) is 12.9. The number of halogens is 1. The molecule has 4 unspecified atom stereocenters. The van der Waals surface area contributed by atoms with E-state index in [1.807, 2.05) is 74.5 Å². The molecule has 2 bridgehead atoms. The van der Waals surface area contributed by atoms with Gasteiger partial charge < -0.3 is 9.47 Å². The van der Waals surface area contributed by atoms with Crippen molar-refractivity contribution >= 4 is 50.4 Å². The summed E-state index contributed by atoms with van der Waals surface area (Å²) in [6, 6.07) is 24.4. The molecule has 3 aromatic carbocycles. The van der Waals surface area contributed by atoms with Crippen LogP contribution in [-0.2, 0) is 14.4 Å². The highest BCUT2D eigenvalue weighted by Crippen LogP contribution is 2.77. The summed E-state index contributed by atoms with van der Waals surface area (Å²) in [5, 5.41) is 0. The number of carbonyl (C=O) groups excluding carboxylic acids is 3. The third-order valence-corrected chi connectivity index (χ3v) is 10.2. The lowest BCUT2D eigenvalue weighted by Crippen LogP contribution is -2.50. The Morgan fingerprint density at radius 1 is 0.811 bits per heavy atom. The van der Waals surface area contributed by atoms with Gasteiger partial charge in [0.1, 0.15) is 4.32 Å². The number of nitrogens with zero attached hydrogens (tertiary/aromatic N) is 1. The molecule has 2 heterocycles. The number of rotatable bonds is 3. The maximum Gasteiger partial charge on any atom is 0.252 e. The molecule has 37 heavy (non-hydrogen) atoms. The molecule has 2 aliphatic carbocycles. The fraction of sp³-hybridized carbons (Fsp3) is 0.233. The smallest absolute Gasteiger partial charge is 0.252 e. The van der Waals surface area contributed by atoms with Crippen LogP contribution in [0.1, 0.15) is 25.0 Å². The van der Waals surface area contributed by atoms with Crippen molar-refractivity contribution in [3.63, 3.8) is 0 Å². The molecule has 2 fully saturated rings. The van der Waals surface area contributed by atoms with Crippen LogP contribution >= 0.6 is 15.9 Å². The molecule has 4 atom stereocenters. The maximum absolute atomic E-state index is 14.5. The number of hydrogen-bond donors (Lipinski definition) is 0. The average Bonchev–Trinajstić information content (AvgIpc) is 3.55. The molecule has 0 aromatic heterocycles. The molecule has 1 saturated heterocycles. The van der Waals surface area contributed by atoms with Gasteiger partial charge in [-0.2, -0.15) is 0 Å². The number of anilines is 1. The molecule has 3 aromatic rings. The predicted octanol–water partition coefficient (Wildman–Crippen LogP) is 5.26. The molecule has 0 radical (unpaired) electrons. The van der Waals surface area contributed by atoms with Gasteiger partial charge in [0.05, 0.1) is 22.4 Å². The van der Waals surface area contributed by atoms with Crippen LogP contribution in [0.4, 0.5) is 5.69 Å². The topological polar surface area (TPSA) is 72.9 Å². The standard InChI is InChI=1S/C30H22BrNO5/c1-28-22(17-9-5-3-6-10-17)23(18-11-7-4-8-12-18)29(2,26(28)34)30(31)24(28)25(33)32(27(30)35)19-13-14-20-21(15-19)37-16-36-20/h3-15,24H,16H2,1-2H3. The van der Waals surface area contributed by atoms with Gasteiger partial charge in [-0.1, -0.05) is 76.6 Å². The van der Waals surface area contributed by atoms with Crippen molar-refractivity contribution in [1.82, 2.24) is 0 Å². The first-order chi connectivity index (χ1) is 17.8. The summed E-state index contributed by atoms with van der Waals surface area (Å²) in [4.78, 5) is 44.2. The quantitative estimate of drug-likeness (QED) is 0.325. The van der Waals surface area contributed by atoms with Gasteiger partial charge in [-0.15, -0.1) is 0 Å². The zero-order chi connectivity index (χ0) is 25.7. The molecular formula is C30H22BrNO5. The van der Waals surface area contributed by atoms with E-state index in [0.717, 1.165) is 22.3 Å². The van der Waals surface area contributed by atoms with Gasteiger partial charge in [0.15, 0.2) is 17.3 Å². The molecule has 4 aliphatic rings. The van der Waals surface area contributed by atoms with Crippen LogP contribution in [0.3, 0.4) is 0 Å². The minimum absolute atomic E-state index is 0.0844. The second-order valence-corrected chi connectivity index (χ2v) is 11.6. The number of fused-ring (bicyclic) bond motifs is 6. The van der Waals surface area contributed by atoms with Gasteiger partial charge in [0.2, 0.25) is 12.7 Å². The van der Waals surface area contributed by atoms with Crippen LogP contribution in [0.15, 0.2) is 78.9 Å². The number of imide groups is 1. The summed E-state index contributed by atoms with van der Waals surface area (Å²) < 4.78 is 9.47. The monoisotopic (exact) mass is 555 g/mol. The van der Waals surface area contributed by atoms with E-state index in [1.54, 1.807) is 18.2 Å². The number of allylic oxidation sites excluding steroid dienone is 2. The lowest BCUT2D eigenvalue weighted by Gasteiger charge is -2.41. The highest BCUT2D eigenvalue weighted by molar-refractivity contribution is 9.10. The Balaban J connectivity index is 1.49. The van der Waals surface area contributed by atoms with E-state index in [-0.39, 0.29) is 12.6 Å². The number of hydrogen-bond acceptors (Lipinski definition) is 5. The third-order valence-electron chi connectivity index (χ3n) is 8.62. The minimum atomic E-state index is -1.44. The van der Waals surface area contributed by atoms with Crippen molar-refractivity contribution < 1.29 is 23.9 Å². The Kier molecular flexibility index (Phi) is 4.37. The van der Waals surface area contributed by atoms with Gasteiger partial charge in [0.25, 0.3) is 5.91 Å². The molecule has 0 spiro atoms. The molecule has 1 saturated carbocycles. The van der Waals surface area contributed by atoms with E-state index in [4.69, 9.17) is 9.47 Å². The summed E-state index contributed by atoms with van der Waals surface area (Å²) in [5.41, 5.74) is 1.22. The minimum Gasteiger partial charge on any atom is -0.454 e. The van der Waals surface area contributed by atoms with Gasteiger partial charge in [0, 0.05) is 6.07 Å². The van der Waals surface area contributed by atoms with Gasteiger partial charge in [-0.25, -0.2) is 4.90 Å². The Bertz CT molecular complexity index is 1570. The van der Waals surface area contributed by atoms with Gasteiger partial charge >= 0.3 is 0 Å². The van der Waals surface area contributed by atoms with E-state index in [2.05, 4.69) is 15.9 Å². The maximum atomic E-state index is 14.5. The number of ether oxygens (including phenoxy) is 2. The average molecular weight is 556 g/mol. The lowest BCUT2D eigenvalue weighted by molar-refractivity contribution is -0.133. The van der Waals surface area contributed by atoms with Gasteiger partial charge in [-0.05, 0) is 48.3 Å². The Morgan fingerprint density at radius 3 is 2.05 bits per heavy atom. The van der Waals surface area contributed by atoms with E-state index < -0.39 is 32.9 Å². The second kappa shape index (κ2) is 7.19. The van der Waals surface area contributed by atoms with E-state index in [0.29, 0.717) is 17.2 Å². The Hall–Kier alpha value is -3.71. The number of carbonyl (C=O) groups is 3. The van der Waals surface area contributed by atoms with Crippen molar-refractivity contribution in [3.8, 4) is 11.5 Å². The van der Waals surface area contributed by atoms with Gasteiger partial charge in [-0.3, -0.25) is 14.4 Å². The van der Waals surface area contributed by atoms with Crippen LogP contribution in [0.2, 0.25) is 0 Å². The molecule has 2 amide bonds. The van der Waals surface area contributed by atoms with Crippen molar-refractivity contribution in [2.24, 2.45) is 16.7 Å². The number of benzene rings is 3. The van der Waals surface area contributed by atoms with Crippen molar-refractivity contribution in [1.29, 1.82) is 0 Å². The fourth-order valence-electron chi connectivity index (χ4n) is 7.07. The lowest BCUT2D eigenvalue weighted by atomic mass is 9.63. The van der Waals surface area contributed by atoms with E-state index in [9.17, 15) is 14.4 Å². The zero-order valence-electron chi connectivity index (χ0n) is 20.2.